The van der Waals surface area contributed by atoms with Crippen molar-refractivity contribution in [1.29, 1.82) is 0 Å². The molecule has 1 aromatic heterocycles. The summed E-state index contributed by atoms with van der Waals surface area (Å²) in [5, 5.41) is 16.8. The number of aliphatic hydroxyl groups excluding tert-OH is 1. The average Bonchev–Trinajstić information content (AvgIpc) is 2.79. The van der Waals surface area contributed by atoms with E-state index < -0.39 is 0 Å². The second kappa shape index (κ2) is 5.45. The Balaban J connectivity index is 2.22. The van der Waals surface area contributed by atoms with Crippen molar-refractivity contribution in [2.45, 2.75) is 13.3 Å². The molecule has 0 fully saturated rings. The summed E-state index contributed by atoms with van der Waals surface area (Å²) in [5.74, 6) is 0.809. The van der Waals surface area contributed by atoms with Crippen molar-refractivity contribution in [3.63, 3.8) is 0 Å². The van der Waals surface area contributed by atoms with E-state index in [1.807, 2.05) is 31.2 Å². The Hall–Kier alpha value is -1.88. The quantitative estimate of drug-likeness (QED) is 0.843. The van der Waals surface area contributed by atoms with Crippen LogP contribution >= 0.6 is 0 Å². The first-order chi connectivity index (χ1) is 8.33. The largest absolute Gasteiger partial charge is 0.494 e. The van der Waals surface area contributed by atoms with Crippen LogP contribution in [-0.2, 0) is 6.42 Å². The summed E-state index contributed by atoms with van der Waals surface area (Å²) in [4.78, 5) is 0. The number of hydrogen-bond donors (Lipinski definition) is 1. The topological polar surface area (TPSA) is 60.2 Å². The van der Waals surface area contributed by atoms with Gasteiger partial charge in [0.05, 0.1) is 24.2 Å². The van der Waals surface area contributed by atoms with E-state index in [9.17, 15) is 0 Å². The van der Waals surface area contributed by atoms with Crippen LogP contribution in [-0.4, -0.2) is 33.3 Å². The zero-order valence-corrected chi connectivity index (χ0v) is 9.71. The third kappa shape index (κ3) is 2.82. The van der Waals surface area contributed by atoms with E-state index in [4.69, 9.17) is 9.84 Å². The van der Waals surface area contributed by atoms with Crippen molar-refractivity contribution < 1.29 is 9.84 Å². The monoisotopic (exact) mass is 233 g/mol. The highest BCUT2D eigenvalue weighted by Crippen LogP contribution is 2.16. The van der Waals surface area contributed by atoms with E-state index in [2.05, 4.69) is 10.3 Å². The molecule has 0 aliphatic rings. The van der Waals surface area contributed by atoms with Gasteiger partial charge in [-0.2, -0.15) is 0 Å². The normalized spacial score (nSPS) is 10.5. The summed E-state index contributed by atoms with van der Waals surface area (Å²) < 4.78 is 7.09. The SMILES string of the molecule is CCOc1cccc(-n2cc(CCO)nn2)c1. The van der Waals surface area contributed by atoms with Gasteiger partial charge in [0, 0.05) is 19.1 Å². The first-order valence-electron chi connectivity index (χ1n) is 5.59. The Labute approximate surface area is 99.7 Å². The minimum Gasteiger partial charge on any atom is -0.494 e. The summed E-state index contributed by atoms with van der Waals surface area (Å²) >= 11 is 0. The van der Waals surface area contributed by atoms with Crippen molar-refractivity contribution >= 4 is 0 Å². The lowest BCUT2D eigenvalue weighted by molar-refractivity contribution is 0.298. The molecule has 5 heteroatoms. The van der Waals surface area contributed by atoms with E-state index in [1.165, 1.54) is 0 Å². The van der Waals surface area contributed by atoms with E-state index in [0.717, 1.165) is 17.1 Å². The predicted octanol–water partition coefficient (Wildman–Crippen LogP) is 1.20. The Bertz CT molecular complexity index is 482. The molecule has 2 rings (SSSR count). The first kappa shape index (κ1) is 11.6. The van der Waals surface area contributed by atoms with Gasteiger partial charge in [-0.15, -0.1) is 5.10 Å². The molecule has 0 unspecified atom stereocenters. The second-order valence-electron chi connectivity index (χ2n) is 3.56. The minimum atomic E-state index is 0.0810. The van der Waals surface area contributed by atoms with Crippen LogP contribution in [0, 0.1) is 0 Å². The highest BCUT2D eigenvalue weighted by atomic mass is 16.5. The lowest BCUT2D eigenvalue weighted by Gasteiger charge is -2.05. The molecule has 0 bridgehead atoms. The van der Waals surface area contributed by atoms with Crippen LogP contribution < -0.4 is 4.74 Å². The number of ether oxygens (including phenoxy) is 1. The Morgan fingerprint density at radius 2 is 2.29 bits per heavy atom. The molecule has 2 aromatic rings. The molecular weight excluding hydrogens is 218 g/mol. The fourth-order valence-corrected chi connectivity index (χ4v) is 1.54. The highest BCUT2D eigenvalue weighted by molar-refractivity contribution is 5.38. The molecule has 1 aromatic carbocycles. The van der Waals surface area contributed by atoms with E-state index >= 15 is 0 Å². The summed E-state index contributed by atoms with van der Waals surface area (Å²) in [5.41, 5.74) is 1.67. The fraction of sp³-hybridized carbons (Fsp3) is 0.333. The molecule has 0 saturated heterocycles. The molecule has 0 aliphatic heterocycles. The Morgan fingerprint density at radius 3 is 3.06 bits per heavy atom. The number of benzene rings is 1. The summed E-state index contributed by atoms with van der Waals surface area (Å²) in [6.45, 7) is 2.66. The fourth-order valence-electron chi connectivity index (χ4n) is 1.54. The molecule has 0 radical (unpaired) electrons. The van der Waals surface area contributed by atoms with Crippen LogP contribution in [0.15, 0.2) is 30.5 Å². The number of aliphatic hydroxyl groups is 1. The molecule has 1 N–H and O–H groups in total. The maximum Gasteiger partial charge on any atom is 0.121 e. The number of hydrogen-bond acceptors (Lipinski definition) is 4. The third-order valence-corrected chi connectivity index (χ3v) is 2.30. The molecule has 0 spiro atoms. The van der Waals surface area contributed by atoms with Crippen molar-refractivity contribution in [2.24, 2.45) is 0 Å². The molecule has 17 heavy (non-hydrogen) atoms. The molecule has 0 saturated carbocycles. The van der Waals surface area contributed by atoms with Gasteiger partial charge in [-0.3, -0.25) is 0 Å². The predicted molar refractivity (Wildman–Crippen MR) is 63.3 cm³/mol. The van der Waals surface area contributed by atoms with Crippen molar-refractivity contribution in [3.8, 4) is 11.4 Å². The third-order valence-electron chi connectivity index (χ3n) is 2.30. The lowest BCUT2D eigenvalue weighted by Crippen LogP contribution is -1.97. The van der Waals surface area contributed by atoms with E-state index in [1.54, 1.807) is 10.9 Å². The lowest BCUT2D eigenvalue weighted by atomic mass is 10.3. The number of aromatic nitrogens is 3. The zero-order chi connectivity index (χ0) is 12.1. The second-order valence-corrected chi connectivity index (χ2v) is 3.56. The van der Waals surface area contributed by atoms with Gasteiger partial charge in [0.1, 0.15) is 5.75 Å². The van der Waals surface area contributed by atoms with Crippen molar-refractivity contribution in [3.05, 3.63) is 36.2 Å². The van der Waals surface area contributed by atoms with Gasteiger partial charge in [0.15, 0.2) is 0 Å². The summed E-state index contributed by atoms with van der Waals surface area (Å²) in [6, 6.07) is 7.65. The number of rotatable bonds is 5. The van der Waals surface area contributed by atoms with Gasteiger partial charge >= 0.3 is 0 Å². The first-order valence-corrected chi connectivity index (χ1v) is 5.59. The maximum absolute atomic E-state index is 8.82. The highest BCUT2D eigenvalue weighted by Gasteiger charge is 2.03. The number of nitrogens with zero attached hydrogens (tertiary/aromatic N) is 3. The van der Waals surface area contributed by atoms with Crippen LogP contribution in [0.25, 0.3) is 5.69 Å². The summed E-state index contributed by atoms with van der Waals surface area (Å²) in [7, 11) is 0. The van der Waals surface area contributed by atoms with Crippen LogP contribution in [0.4, 0.5) is 0 Å². The van der Waals surface area contributed by atoms with Gasteiger partial charge in [0.2, 0.25) is 0 Å². The molecule has 5 nitrogen and oxygen atoms in total. The average molecular weight is 233 g/mol. The smallest absolute Gasteiger partial charge is 0.121 e. The standard InChI is InChI=1S/C12H15N3O2/c1-2-17-12-5-3-4-11(8-12)15-9-10(6-7-16)13-14-15/h3-5,8-9,16H,2,6-7H2,1H3. The molecular formula is C12H15N3O2. The minimum absolute atomic E-state index is 0.0810. The Morgan fingerprint density at radius 1 is 1.41 bits per heavy atom. The molecule has 0 amide bonds. The van der Waals surface area contributed by atoms with Gasteiger partial charge in [-0.25, -0.2) is 4.68 Å². The van der Waals surface area contributed by atoms with E-state index in [0.29, 0.717) is 13.0 Å². The van der Waals surface area contributed by atoms with Crippen LogP contribution in [0.3, 0.4) is 0 Å². The van der Waals surface area contributed by atoms with Gasteiger partial charge < -0.3 is 9.84 Å². The van der Waals surface area contributed by atoms with Crippen molar-refractivity contribution in [2.75, 3.05) is 13.2 Å². The van der Waals surface area contributed by atoms with E-state index in [-0.39, 0.29) is 6.61 Å². The van der Waals surface area contributed by atoms with Crippen LogP contribution in [0.2, 0.25) is 0 Å². The molecule has 90 valence electrons. The van der Waals surface area contributed by atoms with Crippen LogP contribution in [0.5, 0.6) is 5.75 Å². The zero-order valence-electron chi connectivity index (χ0n) is 9.71. The van der Waals surface area contributed by atoms with Crippen molar-refractivity contribution in [1.82, 2.24) is 15.0 Å². The van der Waals surface area contributed by atoms with Gasteiger partial charge in [-0.1, -0.05) is 11.3 Å². The Kier molecular flexibility index (Phi) is 3.72. The maximum atomic E-state index is 8.82. The molecule has 0 atom stereocenters. The summed E-state index contributed by atoms with van der Waals surface area (Å²) in [6.07, 6.45) is 2.33. The van der Waals surface area contributed by atoms with Gasteiger partial charge in [-0.05, 0) is 19.1 Å². The van der Waals surface area contributed by atoms with Crippen LogP contribution in [0.1, 0.15) is 12.6 Å². The molecule has 0 aliphatic carbocycles. The molecule has 1 heterocycles. The van der Waals surface area contributed by atoms with Gasteiger partial charge in [0.25, 0.3) is 0 Å².